The van der Waals surface area contributed by atoms with Crippen LogP contribution in [-0.2, 0) is 0 Å². The van der Waals surface area contributed by atoms with E-state index < -0.39 is 0 Å². The topological polar surface area (TPSA) is 75.6 Å². The normalized spacial score (nSPS) is 9.43. The summed E-state index contributed by atoms with van der Waals surface area (Å²) in [5.41, 5.74) is 5.53. The summed E-state index contributed by atoms with van der Waals surface area (Å²) in [6.07, 6.45) is 6.57. The first kappa shape index (κ1) is 8.36. The average molecular weight is 188 g/mol. The fourth-order valence-corrected chi connectivity index (χ4v) is 0.839. The molecule has 0 saturated carbocycles. The number of hydrogen-bond donors (Lipinski definition) is 2. The first-order valence-electron chi connectivity index (χ1n) is 4.01. The van der Waals surface area contributed by atoms with E-state index >= 15 is 0 Å². The van der Waals surface area contributed by atoms with Gasteiger partial charge in [-0.1, -0.05) is 0 Å². The summed E-state index contributed by atoms with van der Waals surface area (Å²) in [5, 5.41) is 0. The molecule has 0 aliphatic carbocycles. The van der Waals surface area contributed by atoms with E-state index in [2.05, 4.69) is 30.8 Å². The Morgan fingerprint density at radius 3 is 1.36 bits per heavy atom. The Labute approximate surface area is 80.4 Å². The van der Waals surface area contributed by atoms with Crippen LogP contribution in [0, 0.1) is 0 Å². The van der Waals surface area contributed by atoms with Crippen molar-refractivity contribution in [2.24, 2.45) is 0 Å². The zero-order chi connectivity index (χ0) is 9.64. The van der Waals surface area contributed by atoms with Crippen molar-refractivity contribution in [3.05, 3.63) is 36.9 Å². The smallest absolute Gasteiger partial charge is 0.241 e. The second-order valence-corrected chi connectivity index (χ2v) is 2.39. The molecule has 0 atom stereocenters. The predicted octanol–water partition coefficient (Wildman–Crippen LogP) is 0.706. The van der Waals surface area contributed by atoms with Crippen molar-refractivity contribution in [2.45, 2.75) is 0 Å². The fourth-order valence-electron chi connectivity index (χ4n) is 0.839. The van der Waals surface area contributed by atoms with E-state index in [0.29, 0.717) is 11.9 Å². The van der Waals surface area contributed by atoms with Crippen molar-refractivity contribution < 1.29 is 0 Å². The van der Waals surface area contributed by atoms with Crippen molar-refractivity contribution in [1.29, 1.82) is 0 Å². The summed E-state index contributed by atoms with van der Waals surface area (Å²) in [7, 11) is 0. The molecule has 6 heteroatoms. The van der Waals surface area contributed by atoms with Crippen LogP contribution in [0.4, 0.5) is 11.9 Å². The Kier molecular flexibility index (Phi) is 2.46. The first-order valence-corrected chi connectivity index (χ1v) is 4.01. The van der Waals surface area contributed by atoms with E-state index in [4.69, 9.17) is 0 Å². The molecule has 6 nitrogen and oxygen atoms in total. The van der Waals surface area contributed by atoms with Crippen LogP contribution >= 0.6 is 0 Å². The lowest BCUT2D eigenvalue weighted by Gasteiger charge is -2.04. The summed E-state index contributed by atoms with van der Waals surface area (Å²) in [5.74, 6) is 0.944. The van der Waals surface area contributed by atoms with Gasteiger partial charge >= 0.3 is 0 Å². The van der Waals surface area contributed by atoms with Gasteiger partial charge in [-0.3, -0.25) is 10.9 Å². The third-order valence-electron chi connectivity index (χ3n) is 1.42. The van der Waals surface area contributed by atoms with Crippen LogP contribution in [0.3, 0.4) is 0 Å². The Hall–Kier alpha value is -2.24. The highest BCUT2D eigenvalue weighted by atomic mass is 15.4. The molecule has 0 aliphatic rings. The van der Waals surface area contributed by atoms with Crippen LogP contribution in [0.25, 0.3) is 0 Å². The molecule has 2 aromatic heterocycles. The Bertz CT molecular complexity index is 336. The van der Waals surface area contributed by atoms with Gasteiger partial charge in [0, 0.05) is 24.8 Å². The number of nitrogens with one attached hydrogen (secondary N) is 2. The Morgan fingerprint density at radius 1 is 0.643 bits per heavy atom. The van der Waals surface area contributed by atoms with E-state index in [1.807, 2.05) is 0 Å². The van der Waals surface area contributed by atoms with Crippen molar-refractivity contribution in [3.63, 3.8) is 0 Å². The van der Waals surface area contributed by atoms with Gasteiger partial charge in [-0.05, 0) is 12.1 Å². The summed E-state index contributed by atoms with van der Waals surface area (Å²) in [6, 6.07) is 3.48. The average Bonchev–Trinajstić information content (AvgIpc) is 2.29. The zero-order valence-corrected chi connectivity index (χ0v) is 7.25. The lowest BCUT2D eigenvalue weighted by atomic mass is 10.7. The SMILES string of the molecule is c1cnc(NNc2ncccn2)nc1. The van der Waals surface area contributed by atoms with Crippen molar-refractivity contribution in [3.8, 4) is 0 Å². The molecule has 2 rings (SSSR count). The molecule has 2 heterocycles. The summed E-state index contributed by atoms with van der Waals surface area (Å²) in [6.45, 7) is 0. The predicted molar refractivity (Wildman–Crippen MR) is 51.3 cm³/mol. The second kappa shape index (κ2) is 4.13. The quantitative estimate of drug-likeness (QED) is 0.691. The number of rotatable bonds is 3. The van der Waals surface area contributed by atoms with Crippen LogP contribution in [0.2, 0.25) is 0 Å². The van der Waals surface area contributed by atoms with Gasteiger partial charge in [0.25, 0.3) is 0 Å². The minimum Gasteiger partial charge on any atom is -0.266 e. The highest BCUT2D eigenvalue weighted by Crippen LogP contribution is 1.96. The van der Waals surface area contributed by atoms with Gasteiger partial charge in [-0.25, -0.2) is 19.9 Å². The summed E-state index contributed by atoms with van der Waals surface area (Å²) < 4.78 is 0. The minimum atomic E-state index is 0.472. The molecule has 0 unspecified atom stereocenters. The number of anilines is 2. The maximum Gasteiger partial charge on any atom is 0.241 e. The monoisotopic (exact) mass is 188 g/mol. The maximum absolute atomic E-state index is 3.95. The molecule has 0 aliphatic heterocycles. The van der Waals surface area contributed by atoms with Crippen LogP contribution < -0.4 is 10.9 Å². The van der Waals surface area contributed by atoms with Crippen LogP contribution in [0.1, 0.15) is 0 Å². The fraction of sp³-hybridized carbons (Fsp3) is 0. The Morgan fingerprint density at radius 2 is 1.00 bits per heavy atom. The van der Waals surface area contributed by atoms with Crippen molar-refractivity contribution in [2.75, 3.05) is 10.9 Å². The van der Waals surface area contributed by atoms with Gasteiger partial charge < -0.3 is 0 Å². The highest BCUT2D eigenvalue weighted by molar-refractivity contribution is 5.34. The highest BCUT2D eigenvalue weighted by Gasteiger charge is 1.93. The maximum atomic E-state index is 3.95. The minimum absolute atomic E-state index is 0.472. The number of hydrazine groups is 1. The van der Waals surface area contributed by atoms with Gasteiger partial charge in [0.05, 0.1) is 0 Å². The van der Waals surface area contributed by atoms with E-state index in [1.54, 1.807) is 36.9 Å². The van der Waals surface area contributed by atoms with Crippen molar-refractivity contribution >= 4 is 11.9 Å². The molecule has 0 radical (unpaired) electrons. The largest absolute Gasteiger partial charge is 0.266 e. The van der Waals surface area contributed by atoms with Gasteiger partial charge in [-0.15, -0.1) is 0 Å². The first-order chi connectivity index (χ1) is 6.95. The molecule has 0 saturated heterocycles. The molecule has 0 fully saturated rings. The van der Waals surface area contributed by atoms with Gasteiger partial charge in [0.15, 0.2) is 0 Å². The molecule has 70 valence electrons. The second-order valence-electron chi connectivity index (χ2n) is 2.39. The van der Waals surface area contributed by atoms with Crippen LogP contribution in [-0.4, -0.2) is 19.9 Å². The third kappa shape index (κ3) is 2.13. The molecule has 2 N–H and O–H groups in total. The lowest BCUT2D eigenvalue weighted by molar-refractivity contribution is 1.09. The molecule has 0 aromatic carbocycles. The van der Waals surface area contributed by atoms with E-state index in [9.17, 15) is 0 Å². The summed E-state index contributed by atoms with van der Waals surface area (Å²) >= 11 is 0. The van der Waals surface area contributed by atoms with E-state index in [1.165, 1.54) is 0 Å². The molecule has 0 bridgehead atoms. The standard InChI is InChI=1S/C8H8N6/c1-3-9-7(10-4-1)13-14-8-11-5-2-6-12-8/h1-6H,(H,9,10,13)(H,11,12,14). The Balaban J connectivity index is 1.96. The molecule has 0 spiro atoms. The lowest BCUT2D eigenvalue weighted by Crippen LogP contribution is -2.13. The summed E-state index contributed by atoms with van der Waals surface area (Å²) in [4.78, 5) is 15.8. The molecule has 2 aromatic rings. The van der Waals surface area contributed by atoms with Crippen molar-refractivity contribution in [1.82, 2.24) is 19.9 Å². The van der Waals surface area contributed by atoms with Crippen LogP contribution in [0.15, 0.2) is 36.9 Å². The molecular weight excluding hydrogens is 180 g/mol. The van der Waals surface area contributed by atoms with Gasteiger partial charge in [0.2, 0.25) is 11.9 Å². The molecular formula is C8H8N6. The van der Waals surface area contributed by atoms with Gasteiger partial charge in [0.1, 0.15) is 0 Å². The zero-order valence-electron chi connectivity index (χ0n) is 7.25. The molecule has 14 heavy (non-hydrogen) atoms. The number of hydrogen-bond acceptors (Lipinski definition) is 6. The van der Waals surface area contributed by atoms with E-state index in [0.717, 1.165) is 0 Å². The number of nitrogens with zero attached hydrogens (tertiary/aromatic N) is 4. The van der Waals surface area contributed by atoms with E-state index in [-0.39, 0.29) is 0 Å². The van der Waals surface area contributed by atoms with Gasteiger partial charge in [-0.2, -0.15) is 0 Å². The van der Waals surface area contributed by atoms with Crippen LogP contribution in [0.5, 0.6) is 0 Å². The molecule has 0 amide bonds. The number of aromatic nitrogens is 4. The third-order valence-corrected chi connectivity index (χ3v) is 1.42.